The second kappa shape index (κ2) is 4.31. The summed E-state index contributed by atoms with van der Waals surface area (Å²) in [5.74, 6) is 4.55. The predicted octanol–water partition coefficient (Wildman–Crippen LogP) is 0.909. The quantitative estimate of drug-likeness (QED) is 0.589. The van der Waals surface area contributed by atoms with Crippen molar-refractivity contribution in [1.82, 2.24) is 0 Å². The molecule has 0 unspecified atom stereocenters. The summed E-state index contributed by atoms with van der Waals surface area (Å²) in [5, 5.41) is 10.5. The fourth-order valence-electron chi connectivity index (χ4n) is 2.18. The molecule has 2 rings (SSSR count). The van der Waals surface area contributed by atoms with E-state index in [1.807, 2.05) is 0 Å². The van der Waals surface area contributed by atoms with Gasteiger partial charge < -0.3 is 19.3 Å². The lowest BCUT2D eigenvalue weighted by atomic mass is 9.94. The summed E-state index contributed by atoms with van der Waals surface area (Å²) in [6.07, 6.45) is -1.84. The predicted molar refractivity (Wildman–Crippen MR) is 59.6 cm³/mol. The van der Waals surface area contributed by atoms with Gasteiger partial charge in [-0.05, 0) is 20.8 Å². The van der Waals surface area contributed by atoms with Crippen LogP contribution in [0.2, 0.25) is 0 Å². The van der Waals surface area contributed by atoms with Crippen molar-refractivity contribution in [1.29, 1.82) is 0 Å². The second-order valence-corrected chi connectivity index (χ2v) is 5.18. The van der Waals surface area contributed by atoms with Crippen molar-refractivity contribution < 1.29 is 23.9 Å². The molecule has 2 aliphatic heterocycles. The first-order chi connectivity index (χ1) is 7.93. The van der Waals surface area contributed by atoms with E-state index in [-0.39, 0.29) is 14.6 Å². The van der Waals surface area contributed by atoms with Crippen LogP contribution in [-0.2, 0) is 18.8 Å². The number of fused-ring (bicyclic) bond motifs is 1. The van der Waals surface area contributed by atoms with Crippen LogP contribution in [0.15, 0.2) is 0 Å². The lowest BCUT2D eigenvalue weighted by Gasteiger charge is -2.28. The van der Waals surface area contributed by atoms with Crippen LogP contribution in [0.3, 0.4) is 0 Å². The Labute approximate surface area is 102 Å². The molecule has 17 heavy (non-hydrogen) atoms. The maximum Gasteiger partial charge on any atom is 0.191 e. The van der Waals surface area contributed by atoms with E-state index in [0.717, 1.165) is 0 Å². The fourth-order valence-corrected chi connectivity index (χ4v) is 2.68. The summed E-state index contributed by atoms with van der Waals surface area (Å²) < 4.78 is 27.3. The molecule has 0 aromatic rings. The van der Waals surface area contributed by atoms with E-state index in [4.69, 9.17) is 14.2 Å². The lowest BCUT2D eigenvalue weighted by Crippen LogP contribution is -2.48. The van der Waals surface area contributed by atoms with Gasteiger partial charge in [0.05, 0.1) is 6.16 Å². The van der Waals surface area contributed by atoms with E-state index in [1.54, 1.807) is 20.8 Å². The van der Waals surface area contributed by atoms with Gasteiger partial charge in [-0.2, -0.15) is 0 Å². The Morgan fingerprint density at radius 2 is 2.12 bits per heavy atom. The summed E-state index contributed by atoms with van der Waals surface area (Å²) in [7, 11) is -0.104. The molecular formula is C11H15O5P. The molecule has 0 saturated carbocycles. The maximum atomic E-state index is 10.7. The molecule has 5 nitrogen and oxygen atoms in total. The largest absolute Gasteiger partial charge is 0.372 e. The highest BCUT2D eigenvalue weighted by molar-refractivity contribution is 7.23. The van der Waals surface area contributed by atoms with Crippen molar-refractivity contribution in [3.63, 3.8) is 0 Å². The second-order valence-electron chi connectivity index (χ2n) is 4.56. The molecular weight excluding hydrogens is 243 g/mol. The zero-order valence-corrected chi connectivity index (χ0v) is 10.9. The first kappa shape index (κ1) is 12.9. The van der Waals surface area contributed by atoms with Crippen molar-refractivity contribution in [2.24, 2.45) is 0 Å². The van der Waals surface area contributed by atoms with Crippen LogP contribution in [0, 0.1) is 11.8 Å². The van der Waals surface area contributed by atoms with Gasteiger partial charge in [0.1, 0.15) is 6.10 Å². The zero-order valence-electron chi connectivity index (χ0n) is 9.97. The van der Waals surface area contributed by atoms with Gasteiger partial charge in [-0.25, -0.2) is 0 Å². The summed E-state index contributed by atoms with van der Waals surface area (Å²) in [6.45, 7) is 5.11. The van der Waals surface area contributed by atoms with Crippen molar-refractivity contribution in [2.75, 3.05) is 6.16 Å². The fraction of sp³-hybridized carbons (Fsp3) is 0.818. The van der Waals surface area contributed by atoms with E-state index < -0.39 is 29.9 Å². The number of hydrogen-bond donors (Lipinski definition) is 1. The molecule has 0 bridgehead atoms. The highest BCUT2D eigenvalue weighted by Gasteiger charge is 2.62. The average Bonchev–Trinajstić information content (AvgIpc) is 2.63. The summed E-state index contributed by atoms with van der Waals surface area (Å²) in [4.78, 5) is 0. The third kappa shape index (κ3) is 2.12. The van der Waals surface area contributed by atoms with Gasteiger partial charge in [0.15, 0.2) is 32.2 Å². The molecule has 0 aromatic heterocycles. The molecule has 0 aromatic carbocycles. The minimum Gasteiger partial charge on any atom is -0.372 e. The molecule has 1 N–H and O–H groups in total. The third-order valence-corrected chi connectivity index (χ3v) is 3.33. The lowest BCUT2D eigenvalue weighted by molar-refractivity contribution is -0.218. The zero-order chi connectivity index (χ0) is 12.7. The van der Waals surface area contributed by atoms with Crippen LogP contribution >= 0.6 is 8.46 Å². The van der Waals surface area contributed by atoms with Gasteiger partial charge >= 0.3 is 0 Å². The summed E-state index contributed by atoms with van der Waals surface area (Å²) in [6, 6.07) is 0. The van der Waals surface area contributed by atoms with Gasteiger partial charge in [-0.1, -0.05) is 5.92 Å². The normalized spacial score (nSPS) is 43.2. The van der Waals surface area contributed by atoms with Crippen LogP contribution in [-0.4, -0.2) is 41.2 Å². The van der Waals surface area contributed by atoms with Crippen LogP contribution in [0.5, 0.6) is 0 Å². The van der Waals surface area contributed by atoms with Gasteiger partial charge in [-0.15, -0.1) is 5.92 Å². The molecule has 0 spiro atoms. The maximum absolute atomic E-state index is 10.7. The Kier molecular flexibility index (Phi) is 3.28. The molecule has 2 aliphatic rings. The average molecular weight is 258 g/mol. The molecule has 4 atom stereocenters. The van der Waals surface area contributed by atoms with Gasteiger partial charge in [0.2, 0.25) is 0 Å². The third-order valence-electron chi connectivity index (χ3n) is 2.85. The molecule has 2 fully saturated rings. The molecule has 6 heteroatoms. The smallest absolute Gasteiger partial charge is 0.191 e. The first-order valence-corrected chi connectivity index (χ1v) is 6.39. The Balaban J connectivity index is 2.28. The number of aliphatic hydroxyl groups is 1. The molecule has 94 valence electrons. The monoisotopic (exact) mass is 258 g/mol. The van der Waals surface area contributed by atoms with Gasteiger partial charge in [0, 0.05) is 0 Å². The SMILES string of the molecule is CC#C[C@@]1(O)[C@@H](CP=O)O[C@@H]2OC(C)(C)O[C@@H]21. The number of rotatable bonds is 2. The highest BCUT2D eigenvalue weighted by Crippen LogP contribution is 2.43. The van der Waals surface area contributed by atoms with E-state index in [1.165, 1.54) is 0 Å². The minimum absolute atomic E-state index is 0.104. The van der Waals surface area contributed by atoms with Crippen molar-refractivity contribution in [2.45, 2.75) is 50.7 Å². The number of hydrogen-bond acceptors (Lipinski definition) is 5. The topological polar surface area (TPSA) is 65.0 Å². The summed E-state index contributed by atoms with van der Waals surface area (Å²) >= 11 is 0. The van der Waals surface area contributed by atoms with Crippen LogP contribution in [0.4, 0.5) is 0 Å². The van der Waals surface area contributed by atoms with Crippen LogP contribution in [0.25, 0.3) is 0 Å². The van der Waals surface area contributed by atoms with Gasteiger partial charge in [0.25, 0.3) is 0 Å². The highest BCUT2D eigenvalue weighted by atomic mass is 31.1. The van der Waals surface area contributed by atoms with E-state index in [0.29, 0.717) is 0 Å². The Morgan fingerprint density at radius 3 is 2.71 bits per heavy atom. The molecule has 0 aliphatic carbocycles. The van der Waals surface area contributed by atoms with Crippen LogP contribution < -0.4 is 0 Å². The molecule has 2 heterocycles. The van der Waals surface area contributed by atoms with Crippen molar-refractivity contribution in [3.05, 3.63) is 0 Å². The van der Waals surface area contributed by atoms with Crippen molar-refractivity contribution in [3.8, 4) is 11.8 Å². The van der Waals surface area contributed by atoms with Crippen LogP contribution in [0.1, 0.15) is 20.8 Å². The van der Waals surface area contributed by atoms with Gasteiger partial charge in [-0.3, -0.25) is 4.57 Å². The number of ether oxygens (including phenoxy) is 3. The molecule has 0 amide bonds. The van der Waals surface area contributed by atoms with E-state index in [2.05, 4.69) is 11.8 Å². The molecule has 2 saturated heterocycles. The standard InChI is InChI=1S/C11H15O5P/c1-4-5-11(12)7(6-17-13)14-9-8(11)15-10(2,3)16-9/h7-9,12H,6H2,1-3H3/t7-,8+,9-,11-/m1/s1. The van der Waals surface area contributed by atoms with E-state index >= 15 is 0 Å². The molecule has 0 radical (unpaired) electrons. The summed E-state index contributed by atoms with van der Waals surface area (Å²) in [5.41, 5.74) is -1.47. The Bertz CT molecular complexity index is 385. The Hall–Kier alpha value is -0.500. The minimum atomic E-state index is -1.47. The van der Waals surface area contributed by atoms with Crippen molar-refractivity contribution >= 4 is 8.46 Å². The Morgan fingerprint density at radius 1 is 1.41 bits per heavy atom. The van der Waals surface area contributed by atoms with E-state index in [9.17, 15) is 9.67 Å². The first-order valence-electron chi connectivity index (χ1n) is 5.39.